The van der Waals surface area contributed by atoms with Crippen molar-refractivity contribution in [3.05, 3.63) is 0 Å². The average molecular weight is 350 g/mol. The molecule has 6 heteroatoms. The average Bonchev–Trinajstić information content (AvgIpc) is 2.23. The molecule has 0 aromatic heterocycles. The lowest BCUT2D eigenvalue weighted by molar-refractivity contribution is 0.305. The highest BCUT2D eigenvalue weighted by molar-refractivity contribution is 6.86. The summed E-state index contributed by atoms with van der Waals surface area (Å²) in [6.07, 6.45) is 5.03. The highest BCUT2D eigenvalue weighted by atomic mass is 28.5. The van der Waals surface area contributed by atoms with Gasteiger partial charge >= 0.3 is 8.56 Å². The van der Waals surface area contributed by atoms with Crippen molar-refractivity contribution in [1.29, 1.82) is 0 Å². The molecule has 0 amide bonds. The molecule has 0 saturated carbocycles. The van der Waals surface area contributed by atoms with Gasteiger partial charge in [0.1, 0.15) is 0 Å². The number of rotatable bonds is 11. The lowest BCUT2D eigenvalue weighted by Crippen LogP contribution is -2.59. The fraction of sp³-hybridized carbons (Fsp3) is 1.00. The highest BCUT2D eigenvalue weighted by Gasteiger charge is 2.41. The van der Waals surface area contributed by atoms with Crippen LogP contribution < -0.4 is 0 Å². The van der Waals surface area contributed by atoms with Crippen molar-refractivity contribution in [2.75, 3.05) is 13.1 Å². The van der Waals surface area contributed by atoms with Crippen LogP contribution in [-0.2, 0) is 8.23 Å². The third-order valence-electron chi connectivity index (χ3n) is 3.37. The van der Waals surface area contributed by atoms with Crippen LogP contribution in [0.2, 0.25) is 45.8 Å². The van der Waals surface area contributed by atoms with Crippen LogP contribution in [-0.4, -0.2) is 43.0 Å². The number of nitrogens with zero attached hydrogens (tertiary/aromatic N) is 1. The Morgan fingerprint density at radius 1 is 0.714 bits per heavy atom. The van der Waals surface area contributed by atoms with Crippen LogP contribution in [0.1, 0.15) is 39.5 Å². The second-order valence-electron chi connectivity index (χ2n) is 7.86. The normalized spacial score (nSPS) is 14.0. The second kappa shape index (κ2) is 8.98. The maximum atomic E-state index is 6.67. The molecule has 0 aliphatic rings. The van der Waals surface area contributed by atoms with Gasteiger partial charge in [-0.15, -0.1) is 0 Å². The molecule has 0 spiro atoms. The van der Waals surface area contributed by atoms with Crippen LogP contribution in [0.3, 0.4) is 0 Å². The predicted octanol–water partition coefficient (Wildman–Crippen LogP) is 5.16. The third-order valence-corrected chi connectivity index (χ3v) is 13.7. The Bertz CT molecular complexity index is 283. The summed E-state index contributed by atoms with van der Waals surface area (Å²) >= 11 is 0. The summed E-state index contributed by atoms with van der Waals surface area (Å²) in [5, 5.41) is 0. The van der Waals surface area contributed by atoms with Crippen molar-refractivity contribution in [2.45, 2.75) is 85.4 Å². The molecule has 3 nitrogen and oxygen atoms in total. The van der Waals surface area contributed by atoms with E-state index in [4.69, 9.17) is 8.23 Å². The predicted molar refractivity (Wildman–Crippen MR) is 102 cm³/mol. The molecule has 0 radical (unpaired) electrons. The van der Waals surface area contributed by atoms with Crippen LogP contribution in [0, 0.1) is 0 Å². The van der Waals surface area contributed by atoms with Gasteiger partial charge in [-0.3, -0.25) is 0 Å². The topological polar surface area (TPSA) is 21.7 Å². The van der Waals surface area contributed by atoms with Gasteiger partial charge in [-0.2, -0.15) is 0 Å². The summed E-state index contributed by atoms with van der Waals surface area (Å²) in [7, 11) is -5.42. The van der Waals surface area contributed by atoms with Gasteiger partial charge < -0.3 is 12.8 Å². The first kappa shape index (κ1) is 21.5. The Morgan fingerprint density at radius 3 is 1.48 bits per heavy atom. The second-order valence-corrected chi connectivity index (χ2v) is 20.0. The van der Waals surface area contributed by atoms with Gasteiger partial charge in [-0.25, -0.2) is 0 Å². The number of hydrogen-bond donors (Lipinski definition) is 0. The molecule has 0 aromatic rings. The SMILES string of the molecule is CCCCN(CCCC)[Si](C)(C)O[Si](C)(C)O[Si](C)(C)C. The quantitative estimate of drug-likeness (QED) is 0.481. The van der Waals surface area contributed by atoms with Crippen LogP contribution in [0.25, 0.3) is 0 Å². The summed E-state index contributed by atoms with van der Waals surface area (Å²) in [6.45, 7) is 22.8. The molecular weight excluding hydrogens is 310 g/mol. The molecular formula is C15H39NO2Si3. The molecule has 0 rings (SSSR count). The molecule has 0 heterocycles. The van der Waals surface area contributed by atoms with E-state index in [9.17, 15) is 0 Å². The zero-order chi connectivity index (χ0) is 16.7. The minimum atomic E-state index is -2.03. The number of hydrogen-bond acceptors (Lipinski definition) is 3. The summed E-state index contributed by atoms with van der Waals surface area (Å²) in [5.41, 5.74) is 0. The summed E-state index contributed by atoms with van der Waals surface area (Å²) in [6, 6.07) is 0. The molecule has 0 bridgehead atoms. The van der Waals surface area contributed by atoms with E-state index in [0.717, 1.165) is 0 Å². The van der Waals surface area contributed by atoms with Gasteiger partial charge in [0.2, 0.25) is 0 Å². The first-order chi connectivity index (χ1) is 9.43. The van der Waals surface area contributed by atoms with Crippen LogP contribution in [0.5, 0.6) is 0 Å². The van der Waals surface area contributed by atoms with E-state index in [1.807, 2.05) is 0 Å². The van der Waals surface area contributed by atoms with Gasteiger partial charge in [0.15, 0.2) is 8.32 Å². The standard InChI is InChI=1S/C15H39NO2Si3/c1-10-12-14-16(15-13-11-2)20(6,7)18-21(8,9)17-19(3,4)5/h10-15H2,1-9H3. The molecule has 0 aliphatic carbocycles. The fourth-order valence-corrected chi connectivity index (χ4v) is 15.9. The van der Waals surface area contributed by atoms with E-state index < -0.39 is 25.4 Å². The van der Waals surface area contributed by atoms with E-state index in [1.165, 1.54) is 38.8 Å². The van der Waals surface area contributed by atoms with E-state index in [0.29, 0.717) is 0 Å². The molecule has 128 valence electrons. The minimum Gasteiger partial charge on any atom is -0.437 e. The van der Waals surface area contributed by atoms with Crippen LogP contribution in [0.4, 0.5) is 0 Å². The molecule has 0 saturated heterocycles. The van der Waals surface area contributed by atoms with Crippen LogP contribution in [0.15, 0.2) is 0 Å². The smallest absolute Gasteiger partial charge is 0.312 e. The molecule has 0 aliphatic heterocycles. The highest BCUT2D eigenvalue weighted by Crippen LogP contribution is 2.23. The molecule has 0 atom stereocenters. The zero-order valence-electron chi connectivity index (χ0n) is 16.0. The number of unbranched alkanes of at least 4 members (excludes halogenated alkanes) is 2. The Kier molecular flexibility index (Phi) is 9.21. The summed E-state index contributed by atoms with van der Waals surface area (Å²) < 4.78 is 15.7. The monoisotopic (exact) mass is 349 g/mol. The van der Waals surface area contributed by atoms with E-state index in [2.05, 4.69) is 64.2 Å². The van der Waals surface area contributed by atoms with Crippen molar-refractivity contribution in [2.24, 2.45) is 0 Å². The first-order valence-electron chi connectivity index (χ1n) is 8.59. The van der Waals surface area contributed by atoms with Gasteiger partial charge in [0, 0.05) is 0 Å². The zero-order valence-corrected chi connectivity index (χ0v) is 19.0. The van der Waals surface area contributed by atoms with Crippen molar-refractivity contribution < 1.29 is 8.23 Å². The van der Waals surface area contributed by atoms with E-state index in [-0.39, 0.29) is 0 Å². The summed E-state index contributed by atoms with van der Waals surface area (Å²) in [4.78, 5) is 0. The molecule has 21 heavy (non-hydrogen) atoms. The van der Waals surface area contributed by atoms with Gasteiger partial charge in [0.05, 0.1) is 0 Å². The first-order valence-corrected chi connectivity index (χ1v) is 17.7. The Hall–Kier alpha value is 0.531. The molecule has 0 fully saturated rings. The van der Waals surface area contributed by atoms with Crippen LogP contribution >= 0.6 is 0 Å². The fourth-order valence-electron chi connectivity index (χ4n) is 2.77. The lowest BCUT2D eigenvalue weighted by Gasteiger charge is -2.43. The summed E-state index contributed by atoms with van der Waals surface area (Å²) in [5.74, 6) is 0. The van der Waals surface area contributed by atoms with Gasteiger partial charge in [-0.1, -0.05) is 26.7 Å². The van der Waals surface area contributed by atoms with Crippen molar-refractivity contribution in [1.82, 2.24) is 4.57 Å². The molecule has 0 N–H and O–H groups in total. The maximum Gasteiger partial charge on any atom is 0.312 e. The van der Waals surface area contributed by atoms with E-state index >= 15 is 0 Å². The van der Waals surface area contributed by atoms with Gasteiger partial charge in [0.25, 0.3) is 8.48 Å². The van der Waals surface area contributed by atoms with Gasteiger partial charge in [-0.05, 0) is 71.8 Å². The van der Waals surface area contributed by atoms with Crippen molar-refractivity contribution in [3.8, 4) is 0 Å². The maximum absolute atomic E-state index is 6.67. The lowest BCUT2D eigenvalue weighted by atomic mass is 10.3. The largest absolute Gasteiger partial charge is 0.437 e. The molecule has 0 unspecified atom stereocenters. The third kappa shape index (κ3) is 10.0. The molecule has 0 aromatic carbocycles. The van der Waals surface area contributed by atoms with Crippen molar-refractivity contribution >= 4 is 25.4 Å². The van der Waals surface area contributed by atoms with Crippen molar-refractivity contribution in [3.63, 3.8) is 0 Å². The Morgan fingerprint density at radius 2 is 1.14 bits per heavy atom. The van der Waals surface area contributed by atoms with E-state index in [1.54, 1.807) is 0 Å². The Labute approximate surface area is 137 Å². The minimum absolute atomic E-state index is 1.17. The Balaban J connectivity index is 4.84.